The van der Waals surface area contributed by atoms with E-state index in [1.54, 1.807) is 11.4 Å². The number of rotatable bonds is 6. The fourth-order valence-corrected chi connectivity index (χ4v) is 3.91. The Labute approximate surface area is 127 Å². The highest BCUT2D eigenvalue weighted by molar-refractivity contribution is 7.94. The molecule has 0 spiro atoms. The van der Waals surface area contributed by atoms with Crippen molar-refractivity contribution in [1.82, 2.24) is 15.2 Å². The molecule has 2 aromatic heterocycles. The summed E-state index contributed by atoms with van der Waals surface area (Å²) in [5, 5.41) is 9.55. The van der Waals surface area contributed by atoms with Crippen LogP contribution in [0.4, 0.5) is 5.95 Å². The standard InChI is InChI=1S/C12H17N5O2S2/c1-3-9-10(4-2)15-16-12(14-9)17-21(18,19)11-5-8(6-13)7-20-11/h5,7H,3-4,6,13H2,1-2H3,(H,14,16,17). The molecule has 21 heavy (non-hydrogen) atoms. The van der Waals surface area contributed by atoms with Gasteiger partial charge in [-0.2, -0.15) is 0 Å². The zero-order valence-electron chi connectivity index (χ0n) is 11.8. The Hall–Kier alpha value is -1.58. The Kier molecular flexibility index (Phi) is 4.86. The maximum absolute atomic E-state index is 12.2. The largest absolute Gasteiger partial charge is 0.326 e. The van der Waals surface area contributed by atoms with Crippen molar-refractivity contribution in [1.29, 1.82) is 0 Å². The van der Waals surface area contributed by atoms with Crippen LogP contribution in [0.25, 0.3) is 0 Å². The molecule has 0 aliphatic heterocycles. The molecular formula is C12H17N5O2S2. The zero-order chi connectivity index (χ0) is 15.5. The summed E-state index contributed by atoms with van der Waals surface area (Å²) in [7, 11) is -3.70. The first-order valence-electron chi connectivity index (χ1n) is 6.52. The van der Waals surface area contributed by atoms with Crippen molar-refractivity contribution >= 4 is 27.3 Å². The molecule has 7 nitrogen and oxygen atoms in total. The van der Waals surface area contributed by atoms with E-state index in [0.29, 0.717) is 19.4 Å². The summed E-state index contributed by atoms with van der Waals surface area (Å²) >= 11 is 1.11. The second kappa shape index (κ2) is 6.46. The molecule has 0 fully saturated rings. The molecule has 114 valence electrons. The molecule has 2 rings (SSSR count). The Morgan fingerprint density at radius 1 is 1.24 bits per heavy atom. The first-order valence-corrected chi connectivity index (χ1v) is 8.89. The number of sulfonamides is 1. The predicted molar refractivity (Wildman–Crippen MR) is 81.6 cm³/mol. The van der Waals surface area contributed by atoms with Crippen LogP contribution in [0.15, 0.2) is 15.7 Å². The van der Waals surface area contributed by atoms with Gasteiger partial charge in [-0.3, -0.25) is 0 Å². The lowest BCUT2D eigenvalue weighted by Crippen LogP contribution is -2.16. The zero-order valence-corrected chi connectivity index (χ0v) is 13.5. The molecule has 3 N–H and O–H groups in total. The molecule has 0 atom stereocenters. The van der Waals surface area contributed by atoms with Gasteiger partial charge in [0, 0.05) is 6.54 Å². The SMILES string of the molecule is CCc1nnc(NS(=O)(=O)c2cc(CN)cs2)nc1CC. The molecule has 0 unspecified atom stereocenters. The number of nitrogens with two attached hydrogens (primary N) is 1. The van der Waals surface area contributed by atoms with Crippen molar-refractivity contribution in [2.45, 2.75) is 37.4 Å². The van der Waals surface area contributed by atoms with Crippen molar-refractivity contribution in [3.8, 4) is 0 Å². The summed E-state index contributed by atoms with van der Waals surface area (Å²) in [6, 6.07) is 1.54. The van der Waals surface area contributed by atoms with Gasteiger partial charge < -0.3 is 5.73 Å². The third-order valence-corrected chi connectivity index (χ3v) is 5.68. The number of aromatic nitrogens is 3. The molecule has 0 aliphatic rings. The lowest BCUT2D eigenvalue weighted by Gasteiger charge is -2.07. The average Bonchev–Trinajstić information content (AvgIpc) is 2.96. The number of hydrogen-bond acceptors (Lipinski definition) is 7. The Morgan fingerprint density at radius 2 is 1.95 bits per heavy atom. The summed E-state index contributed by atoms with van der Waals surface area (Å²) in [5.41, 5.74) is 7.79. The van der Waals surface area contributed by atoms with Crippen LogP contribution in [-0.4, -0.2) is 23.6 Å². The lowest BCUT2D eigenvalue weighted by atomic mass is 10.2. The van der Waals surface area contributed by atoms with E-state index in [9.17, 15) is 8.42 Å². The molecule has 2 heterocycles. The second-order valence-electron chi connectivity index (χ2n) is 4.32. The second-order valence-corrected chi connectivity index (χ2v) is 7.14. The van der Waals surface area contributed by atoms with E-state index in [1.807, 2.05) is 13.8 Å². The van der Waals surface area contributed by atoms with Gasteiger partial charge in [-0.25, -0.2) is 18.1 Å². The van der Waals surface area contributed by atoms with Crippen LogP contribution in [-0.2, 0) is 29.4 Å². The highest BCUT2D eigenvalue weighted by Gasteiger charge is 2.19. The highest BCUT2D eigenvalue weighted by atomic mass is 32.2. The van der Waals surface area contributed by atoms with Crippen LogP contribution in [0.2, 0.25) is 0 Å². The average molecular weight is 327 g/mol. The summed E-state index contributed by atoms with van der Waals surface area (Å²) in [6.07, 6.45) is 1.38. The molecule has 0 amide bonds. The van der Waals surface area contributed by atoms with E-state index in [4.69, 9.17) is 5.73 Å². The van der Waals surface area contributed by atoms with Crippen LogP contribution in [0.5, 0.6) is 0 Å². The van der Waals surface area contributed by atoms with Crippen LogP contribution in [0.3, 0.4) is 0 Å². The predicted octanol–water partition coefficient (Wildman–Crippen LogP) is 1.32. The number of anilines is 1. The van der Waals surface area contributed by atoms with Gasteiger partial charge in [-0.15, -0.1) is 21.5 Å². The van der Waals surface area contributed by atoms with Crippen molar-refractivity contribution < 1.29 is 8.42 Å². The van der Waals surface area contributed by atoms with E-state index < -0.39 is 10.0 Å². The van der Waals surface area contributed by atoms with E-state index >= 15 is 0 Å². The summed E-state index contributed by atoms with van der Waals surface area (Å²) < 4.78 is 27.0. The van der Waals surface area contributed by atoms with Crippen molar-refractivity contribution in [2.75, 3.05) is 4.72 Å². The molecule has 0 aromatic carbocycles. The first-order chi connectivity index (χ1) is 10.00. The molecule has 0 saturated carbocycles. The third-order valence-electron chi connectivity index (χ3n) is 2.87. The minimum absolute atomic E-state index is 0.00764. The lowest BCUT2D eigenvalue weighted by molar-refractivity contribution is 0.602. The van der Waals surface area contributed by atoms with Crippen LogP contribution in [0, 0.1) is 0 Å². The van der Waals surface area contributed by atoms with Crippen LogP contribution < -0.4 is 10.5 Å². The van der Waals surface area contributed by atoms with Gasteiger partial charge in [0.15, 0.2) is 0 Å². The molecule has 0 radical (unpaired) electrons. The summed E-state index contributed by atoms with van der Waals surface area (Å²) in [5.74, 6) is -0.00764. The molecule has 9 heteroatoms. The fourth-order valence-electron chi connectivity index (χ4n) is 1.75. The Morgan fingerprint density at radius 3 is 2.52 bits per heavy atom. The number of nitrogens with zero attached hydrogens (tertiary/aromatic N) is 3. The Balaban J connectivity index is 2.28. The topological polar surface area (TPSA) is 111 Å². The normalized spacial score (nSPS) is 11.6. The van der Waals surface area contributed by atoms with Crippen LogP contribution in [0.1, 0.15) is 30.8 Å². The van der Waals surface area contributed by atoms with Gasteiger partial charge in [0.25, 0.3) is 16.0 Å². The van der Waals surface area contributed by atoms with Gasteiger partial charge in [0.2, 0.25) is 0 Å². The number of thiophene rings is 1. The fraction of sp³-hybridized carbons (Fsp3) is 0.417. The maximum atomic E-state index is 12.2. The van der Waals surface area contributed by atoms with E-state index in [1.165, 1.54) is 0 Å². The van der Waals surface area contributed by atoms with Crippen molar-refractivity contribution in [3.05, 3.63) is 28.4 Å². The number of nitrogens with one attached hydrogen (secondary N) is 1. The van der Waals surface area contributed by atoms with Gasteiger partial charge in [-0.05, 0) is 29.9 Å². The van der Waals surface area contributed by atoms with Gasteiger partial charge in [0.05, 0.1) is 11.4 Å². The molecule has 0 bridgehead atoms. The molecule has 0 saturated heterocycles. The minimum atomic E-state index is -3.70. The monoisotopic (exact) mass is 327 g/mol. The third kappa shape index (κ3) is 3.55. The number of aryl methyl sites for hydroxylation is 2. The maximum Gasteiger partial charge on any atom is 0.273 e. The molecule has 0 aliphatic carbocycles. The van der Waals surface area contributed by atoms with E-state index in [2.05, 4.69) is 19.9 Å². The smallest absolute Gasteiger partial charge is 0.273 e. The molecular weight excluding hydrogens is 310 g/mol. The summed E-state index contributed by atoms with van der Waals surface area (Å²) in [4.78, 5) is 4.22. The van der Waals surface area contributed by atoms with E-state index in [0.717, 1.165) is 28.3 Å². The van der Waals surface area contributed by atoms with Crippen LogP contribution >= 0.6 is 11.3 Å². The number of hydrogen-bond donors (Lipinski definition) is 2. The van der Waals surface area contributed by atoms with Gasteiger partial charge in [-0.1, -0.05) is 13.8 Å². The molecule has 2 aromatic rings. The van der Waals surface area contributed by atoms with Crippen molar-refractivity contribution in [3.63, 3.8) is 0 Å². The Bertz CT molecular complexity index is 727. The van der Waals surface area contributed by atoms with Gasteiger partial charge in [0.1, 0.15) is 4.21 Å². The first kappa shape index (κ1) is 15.8. The van der Waals surface area contributed by atoms with Gasteiger partial charge >= 0.3 is 0 Å². The van der Waals surface area contributed by atoms with Crippen molar-refractivity contribution in [2.24, 2.45) is 5.73 Å². The van der Waals surface area contributed by atoms with E-state index in [-0.39, 0.29) is 10.2 Å². The quantitative estimate of drug-likeness (QED) is 0.827. The highest BCUT2D eigenvalue weighted by Crippen LogP contribution is 2.21. The summed E-state index contributed by atoms with van der Waals surface area (Å²) in [6.45, 7) is 4.19. The minimum Gasteiger partial charge on any atom is -0.326 e.